The number of fused-ring (bicyclic) bond motifs is 1. The Bertz CT molecular complexity index is 579. The Morgan fingerprint density at radius 3 is 2.55 bits per heavy atom. The molecule has 1 aliphatic heterocycles. The zero-order valence-corrected chi connectivity index (χ0v) is 13.0. The lowest BCUT2D eigenvalue weighted by atomic mass is 9.95. The third-order valence-corrected chi connectivity index (χ3v) is 3.30. The van der Waals surface area contributed by atoms with Crippen molar-refractivity contribution in [1.82, 2.24) is 9.88 Å². The van der Waals surface area contributed by atoms with Gasteiger partial charge in [0.05, 0.1) is 12.1 Å². The molecule has 1 atom stereocenters. The summed E-state index contributed by atoms with van der Waals surface area (Å²) in [5.74, 6) is -0.140. The van der Waals surface area contributed by atoms with Crippen LogP contribution in [-0.4, -0.2) is 28.1 Å². The molecule has 0 saturated carbocycles. The molecule has 0 aliphatic carbocycles. The fourth-order valence-electron chi connectivity index (χ4n) is 2.40. The molecule has 0 spiro atoms. The molecule has 1 amide bonds. The minimum Gasteiger partial charge on any atom is -0.444 e. The normalized spacial score (nSPS) is 18.9. The fourth-order valence-corrected chi connectivity index (χ4v) is 2.40. The van der Waals surface area contributed by atoms with Crippen LogP contribution in [0.2, 0.25) is 0 Å². The van der Waals surface area contributed by atoms with E-state index in [1.807, 2.05) is 6.92 Å². The summed E-state index contributed by atoms with van der Waals surface area (Å²) in [6.45, 7) is 7.52. The number of aromatic nitrogens is 1. The van der Waals surface area contributed by atoms with E-state index in [1.165, 1.54) is 4.90 Å². The maximum absolute atomic E-state index is 12.8. The van der Waals surface area contributed by atoms with E-state index in [9.17, 15) is 18.0 Å². The van der Waals surface area contributed by atoms with Gasteiger partial charge in [-0.2, -0.15) is 13.2 Å². The third kappa shape index (κ3) is 3.69. The summed E-state index contributed by atoms with van der Waals surface area (Å²) >= 11 is 0. The SMILES string of the molecule is CC1CN(C(=O)OC(C)(C)C)Cc2cc(C(F)(F)F)cnc21. The molecule has 1 unspecified atom stereocenters. The van der Waals surface area contributed by atoms with Crippen molar-refractivity contribution in [3.63, 3.8) is 0 Å². The summed E-state index contributed by atoms with van der Waals surface area (Å²) in [5, 5.41) is 0. The molecule has 0 fully saturated rings. The lowest BCUT2D eigenvalue weighted by Crippen LogP contribution is -2.41. The zero-order valence-electron chi connectivity index (χ0n) is 13.0. The molecule has 0 aromatic carbocycles. The van der Waals surface area contributed by atoms with Crippen LogP contribution in [0.4, 0.5) is 18.0 Å². The Balaban J connectivity index is 2.26. The predicted octanol–water partition coefficient (Wildman–Crippen LogP) is 3.95. The van der Waals surface area contributed by atoms with Crippen LogP contribution in [0.1, 0.15) is 50.4 Å². The Hall–Kier alpha value is -1.79. The van der Waals surface area contributed by atoms with Crippen LogP contribution in [0.5, 0.6) is 0 Å². The summed E-state index contributed by atoms with van der Waals surface area (Å²) in [5.41, 5.74) is -0.427. The number of carbonyl (C=O) groups excluding carboxylic acids is 1. The quantitative estimate of drug-likeness (QED) is 0.728. The van der Waals surface area contributed by atoms with Gasteiger partial charge >= 0.3 is 12.3 Å². The van der Waals surface area contributed by atoms with E-state index in [0.29, 0.717) is 17.8 Å². The smallest absolute Gasteiger partial charge is 0.417 e. The molecule has 7 heteroatoms. The average molecular weight is 316 g/mol. The highest BCUT2D eigenvalue weighted by atomic mass is 19.4. The summed E-state index contributed by atoms with van der Waals surface area (Å²) in [4.78, 5) is 17.5. The molecule has 4 nitrogen and oxygen atoms in total. The van der Waals surface area contributed by atoms with Crippen LogP contribution in [0.25, 0.3) is 0 Å². The molecular weight excluding hydrogens is 297 g/mol. The maximum atomic E-state index is 12.8. The Morgan fingerprint density at radius 2 is 2.00 bits per heavy atom. The van der Waals surface area contributed by atoms with Crippen LogP contribution >= 0.6 is 0 Å². The van der Waals surface area contributed by atoms with Crippen molar-refractivity contribution in [2.45, 2.75) is 51.9 Å². The van der Waals surface area contributed by atoms with E-state index < -0.39 is 23.4 Å². The second kappa shape index (κ2) is 5.44. The largest absolute Gasteiger partial charge is 0.444 e. The van der Waals surface area contributed by atoms with Crippen LogP contribution < -0.4 is 0 Å². The Morgan fingerprint density at radius 1 is 1.36 bits per heavy atom. The van der Waals surface area contributed by atoms with Crippen molar-refractivity contribution in [2.75, 3.05) is 6.54 Å². The Kier molecular flexibility index (Phi) is 4.10. The van der Waals surface area contributed by atoms with E-state index >= 15 is 0 Å². The van der Waals surface area contributed by atoms with Gasteiger partial charge in [0.15, 0.2) is 0 Å². The number of rotatable bonds is 0. The van der Waals surface area contributed by atoms with Crippen molar-refractivity contribution < 1.29 is 22.7 Å². The van der Waals surface area contributed by atoms with Crippen LogP contribution in [-0.2, 0) is 17.5 Å². The van der Waals surface area contributed by atoms with Gasteiger partial charge in [-0.25, -0.2) is 4.79 Å². The Labute approximate surface area is 127 Å². The number of pyridine rings is 1. The second-order valence-electron chi connectivity index (χ2n) is 6.53. The molecule has 1 aromatic rings. The summed E-state index contributed by atoms with van der Waals surface area (Å²) in [6, 6.07) is 1.06. The molecule has 1 aliphatic rings. The molecule has 0 saturated heterocycles. The van der Waals surface area contributed by atoms with Gasteiger partial charge in [-0.05, 0) is 32.4 Å². The van der Waals surface area contributed by atoms with Gasteiger partial charge in [0, 0.05) is 24.4 Å². The monoisotopic (exact) mass is 316 g/mol. The lowest BCUT2D eigenvalue weighted by molar-refractivity contribution is -0.137. The van der Waals surface area contributed by atoms with E-state index in [2.05, 4.69) is 4.98 Å². The van der Waals surface area contributed by atoms with E-state index in [-0.39, 0.29) is 12.5 Å². The number of alkyl halides is 3. The highest BCUT2D eigenvalue weighted by Gasteiger charge is 2.35. The highest BCUT2D eigenvalue weighted by Crippen LogP contribution is 2.33. The summed E-state index contributed by atoms with van der Waals surface area (Å²) in [6.07, 6.45) is -4.12. The first-order valence-electron chi connectivity index (χ1n) is 7.01. The average Bonchev–Trinajstić information content (AvgIpc) is 2.34. The number of hydrogen-bond acceptors (Lipinski definition) is 3. The molecule has 0 bridgehead atoms. The number of carbonyl (C=O) groups is 1. The number of amides is 1. The summed E-state index contributed by atoms with van der Waals surface area (Å²) in [7, 11) is 0. The number of ether oxygens (including phenoxy) is 1. The predicted molar refractivity (Wildman–Crippen MR) is 74.3 cm³/mol. The first-order valence-corrected chi connectivity index (χ1v) is 7.01. The molecule has 0 N–H and O–H groups in total. The van der Waals surface area contributed by atoms with Crippen molar-refractivity contribution in [1.29, 1.82) is 0 Å². The van der Waals surface area contributed by atoms with Crippen molar-refractivity contribution >= 4 is 6.09 Å². The molecule has 22 heavy (non-hydrogen) atoms. The van der Waals surface area contributed by atoms with Gasteiger partial charge < -0.3 is 9.64 Å². The van der Waals surface area contributed by atoms with Crippen molar-refractivity contribution in [3.8, 4) is 0 Å². The zero-order chi connectivity index (χ0) is 16.7. The third-order valence-electron chi connectivity index (χ3n) is 3.30. The van der Waals surface area contributed by atoms with E-state index in [4.69, 9.17) is 4.74 Å². The van der Waals surface area contributed by atoms with Crippen LogP contribution in [0.3, 0.4) is 0 Å². The molecule has 2 heterocycles. The van der Waals surface area contributed by atoms with Gasteiger partial charge in [-0.3, -0.25) is 4.98 Å². The van der Waals surface area contributed by atoms with Crippen LogP contribution in [0.15, 0.2) is 12.3 Å². The standard InChI is InChI=1S/C15H19F3N2O2/c1-9-7-20(13(21)22-14(2,3)4)8-10-5-11(15(16,17)18)6-19-12(9)10/h5-6,9H,7-8H2,1-4H3. The molecule has 122 valence electrons. The van der Waals surface area contributed by atoms with Crippen LogP contribution in [0, 0.1) is 0 Å². The minimum atomic E-state index is -4.44. The van der Waals surface area contributed by atoms with Gasteiger partial charge in [0.25, 0.3) is 0 Å². The molecule has 2 rings (SSSR count). The fraction of sp³-hybridized carbons (Fsp3) is 0.600. The summed E-state index contributed by atoms with van der Waals surface area (Å²) < 4.78 is 43.6. The number of hydrogen-bond donors (Lipinski definition) is 0. The lowest BCUT2D eigenvalue weighted by Gasteiger charge is -2.34. The molecule has 0 radical (unpaired) electrons. The van der Waals surface area contributed by atoms with Gasteiger partial charge in [-0.15, -0.1) is 0 Å². The second-order valence-corrected chi connectivity index (χ2v) is 6.53. The first kappa shape index (κ1) is 16.6. The highest BCUT2D eigenvalue weighted by molar-refractivity contribution is 5.68. The van der Waals surface area contributed by atoms with E-state index in [1.54, 1.807) is 20.8 Å². The minimum absolute atomic E-state index is 0.0749. The van der Waals surface area contributed by atoms with Gasteiger partial charge in [-0.1, -0.05) is 6.92 Å². The molecular formula is C15H19F3N2O2. The topological polar surface area (TPSA) is 42.4 Å². The van der Waals surface area contributed by atoms with Crippen molar-refractivity contribution in [3.05, 3.63) is 29.1 Å². The number of halogens is 3. The maximum Gasteiger partial charge on any atom is 0.417 e. The van der Waals surface area contributed by atoms with Crippen molar-refractivity contribution in [2.24, 2.45) is 0 Å². The van der Waals surface area contributed by atoms with E-state index in [0.717, 1.165) is 12.3 Å². The molecule has 1 aromatic heterocycles. The first-order chi connectivity index (χ1) is 9.97. The van der Waals surface area contributed by atoms with Gasteiger partial charge in [0.2, 0.25) is 0 Å². The number of nitrogens with zero attached hydrogens (tertiary/aromatic N) is 2. The van der Waals surface area contributed by atoms with Gasteiger partial charge in [0.1, 0.15) is 5.60 Å².